The number of nitrogens with zero attached hydrogens (tertiary/aromatic N) is 1. The van der Waals surface area contributed by atoms with Crippen LogP contribution in [0.2, 0.25) is 0 Å². The first-order valence-electron chi connectivity index (χ1n) is 5.37. The van der Waals surface area contributed by atoms with E-state index in [0.717, 1.165) is 18.2 Å². The van der Waals surface area contributed by atoms with Gasteiger partial charge in [-0.1, -0.05) is 53.0 Å². The minimum atomic E-state index is -0.190. The zero-order chi connectivity index (χ0) is 10.7. The summed E-state index contributed by atoms with van der Waals surface area (Å²) < 4.78 is 0. The van der Waals surface area contributed by atoms with Gasteiger partial charge in [0.2, 0.25) is 0 Å². The van der Waals surface area contributed by atoms with Gasteiger partial charge in [-0.2, -0.15) is 5.26 Å². The lowest BCUT2D eigenvalue weighted by Gasteiger charge is -2.20. The topological polar surface area (TPSA) is 23.8 Å². The molecule has 0 atom stereocenters. The van der Waals surface area contributed by atoms with Gasteiger partial charge in [-0.3, -0.25) is 0 Å². The largest absolute Gasteiger partial charge is 0.197 e. The number of nitriles is 1. The van der Waals surface area contributed by atoms with Crippen LogP contribution >= 0.6 is 15.9 Å². The van der Waals surface area contributed by atoms with Gasteiger partial charge in [-0.05, 0) is 24.0 Å². The highest BCUT2D eigenvalue weighted by atomic mass is 79.9. The Hall–Kier alpha value is -0.810. The molecule has 0 heterocycles. The van der Waals surface area contributed by atoms with E-state index in [1.165, 1.54) is 24.0 Å². The summed E-state index contributed by atoms with van der Waals surface area (Å²) in [5.41, 5.74) is 2.28. The molecule has 0 bridgehead atoms. The summed E-state index contributed by atoms with van der Waals surface area (Å²) in [7, 11) is 0. The first kappa shape index (κ1) is 10.7. The second-order valence-electron chi connectivity index (χ2n) is 4.23. The van der Waals surface area contributed by atoms with Crippen molar-refractivity contribution >= 4 is 15.9 Å². The third kappa shape index (κ3) is 1.94. The second-order valence-corrected chi connectivity index (χ2v) is 4.79. The van der Waals surface area contributed by atoms with Crippen LogP contribution in [0.15, 0.2) is 24.3 Å². The third-order valence-corrected chi connectivity index (χ3v) is 3.98. The van der Waals surface area contributed by atoms with Crippen molar-refractivity contribution in [3.05, 3.63) is 35.4 Å². The van der Waals surface area contributed by atoms with Crippen LogP contribution in [0.4, 0.5) is 0 Å². The first-order valence-corrected chi connectivity index (χ1v) is 6.49. The summed E-state index contributed by atoms with van der Waals surface area (Å²) in [6.07, 6.45) is 4.43. The molecule has 0 amide bonds. The molecule has 1 aromatic carbocycles. The molecule has 1 aliphatic carbocycles. The lowest BCUT2D eigenvalue weighted by molar-refractivity contribution is 0.573. The summed E-state index contributed by atoms with van der Waals surface area (Å²) in [5, 5.41) is 10.2. The van der Waals surface area contributed by atoms with Crippen LogP contribution in [0, 0.1) is 11.3 Å². The minimum Gasteiger partial charge on any atom is -0.197 e. The van der Waals surface area contributed by atoms with Crippen LogP contribution in [0.25, 0.3) is 0 Å². The third-order valence-electron chi connectivity index (χ3n) is 3.33. The van der Waals surface area contributed by atoms with E-state index in [9.17, 15) is 5.26 Å². The Morgan fingerprint density at radius 3 is 2.27 bits per heavy atom. The van der Waals surface area contributed by atoms with Crippen molar-refractivity contribution < 1.29 is 0 Å². The fraction of sp³-hybridized carbons (Fsp3) is 0.462. The average Bonchev–Trinajstić information content (AvgIpc) is 2.79. The molecule has 0 aromatic heterocycles. The molecule has 1 aliphatic rings. The molecule has 1 saturated carbocycles. The second kappa shape index (κ2) is 4.37. The van der Waals surface area contributed by atoms with E-state index in [4.69, 9.17) is 0 Å². The SMILES string of the molecule is N#CC1(c2ccc(CBr)cc2)CCCC1. The van der Waals surface area contributed by atoms with E-state index >= 15 is 0 Å². The Morgan fingerprint density at radius 2 is 1.80 bits per heavy atom. The van der Waals surface area contributed by atoms with Gasteiger partial charge >= 0.3 is 0 Å². The van der Waals surface area contributed by atoms with E-state index in [-0.39, 0.29) is 5.41 Å². The number of hydrogen-bond acceptors (Lipinski definition) is 1. The summed E-state index contributed by atoms with van der Waals surface area (Å²) in [6.45, 7) is 0. The van der Waals surface area contributed by atoms with Gasteiger partial charge in [0.25, 0.3) is 0 Å². The Labute approximate surface area is 99.2 Å². The monoisotopic (exact) mass is 263 g/mol. The smallest absolute Gasteiger partial charge is 0.0822 e. The molecule has 15 heavy (non-hydrogen) atoms. The fourth-order valence-corrected chi connectivity index (χ4v) is 2.73. The predicted molar refractivity (Wildman–Crippen MR) is 64.8 cm³/mol. The minimum absolute atomic E-state index is 0.190. The normalized spacial score (nSPS) is 18.7. The zero-order valence-corrected chi connectivity index (χ0v) is 10.3. The van der Waals surface area contributed by atoms with E-state index in [2.05, 4.69) is 46.3 Å². The molecule has 1 nitrogen and oxygen atoms in total. The number of alkyl halides is 1. The zero-order valence-electron chi connectivity index (χ0n) is 8.67. The quantitative estimate of drug-likeness (QED) is 0.743. The predicted octanol–water partition coefficient (Wildman–Crippen LogP) is 3.92. The van der Waals surface area contributed by atoms with Gasteiger partial charge in [0.1, 0.15) is 0 Å². The molecule has 2 heteroatoms. The van der Waals surface area contributed by atoms with Gasteiger partial charge in [-0.15, -0.1) is 0 Å². The summed E-state index contributed by atoms with van der Waals surface area (Å²) >= 11 is 3.43. The maximum absolute atomic E-state index is 9.34. The maximum atomic E-state index is 9.34. The fourth-order valence-electron chi connectivity index (χ4n) is 2.36. The van der Waals surface area contributed by atoms with Crippen LogP contribution in [-0.2, 0) is 10.7 Å². The van der Waals surface area contributed by atoms with E-state index in [0.29, 0.717) is 0 Å². The van der Waals surface area contributed by atoms with Gasteiger partial charge < -0.3 is 0 Å². The molecule has 0 saturated heterocycles. The van der Waals surface area contributed by atoms with Crippen molar-refractivity contribution in [2.45, 2.75) is 36.4 Å². The molecular weight excluding hydrogens is 250 g/mol. The van der Waals surface area contributed by atoms with Crippen molar-refractivity contribution in [2.75, 3.05) is 0 Å². The Bertz CT molecular complexity index is 369. The Morgan fingerprint density at radius 1 is 1.20 bits per heavy atom. The molecule has 0 unspecified atom stereocenters. The molecule has 1 aromatic rings. The van der Waals surface area contributed by atoms with Gasteiger partial charge in [0.15, 0.2) is 0 Å². The molecule has 0 N–H and O–H groups in total. The summed E-state index contributed by atoms with van der Waals surface area (Å²) in [6, 6.07) is 11.0. The number of benzene rings is 1. The molecule has 2 rings (SSSR count). The summed E-state index contributed by atoms with van der Waals surface area (Å²) in [4.78, 5) is 0. The Kier molecular flexibility index (Phi) is 3.11. The van der Waals surface area contributed by atoms with Crippen molar-refractivity contribution in [2.24, 2.45) is 0 Å². The molecule has 0 radical (unpaired) electrons. The van der Waals surface area contributed by atoms with Crippen molar-refractivity contribution in [3.8, 4) is 6.07 Å². The Balaban J connectivity index is 2.32. The molecule has 78 valence electrons. The van der Waals surface area contributed by atoms with E-state index in [1.54, 1.807) is 0 Å². The first-order chi connectivity index (χ1) is 7.30. The van der Waals surface area contributed by atoms with Crippen LogP contribution in [0.1, 0.15) is 36.8 Å². The highest BCUT2D eigenvalue weighted by Gasteiger charge is 2.35. The molecular formula is C13H14BrN. The standard InChI is InChI=1S/C13H14BrN/c14-9-11-3-5-12(6-4-11)13(10-15)7-1-2-8-13/h3-6H,1-2,7-9H2. The maximum Gasteiger partial charge on any atom is 0.0822 e. The summed E-state index contributed by atoms with van der Waals surface area (Å²) in [5.74, 6) is 0. The lowest BCUT2D eigenvalue weighted by Crippen LogP contribution is -2.19. The van der Waals surface area contributed by atoms with Crippen LogP contribution in [0.3, 0.4) is 0 Å². The van der Waals surface area contributed by atoms with Gasteiger partial charge in [-0.25, -0.2) is 0 Å². The van der Waals surface area contributed by atoms with Gasteiger partial charge in [0.05, 0.1) is 11.5 Å². The van der Waals surface area contributed by atoms with Crippen LogP contribution in [0.5, 0.6) is 0 Å². The van der Waals surface area contributed by atoms with Crippen molar-refractivity contribution in [1.29, 1.82) is 5.26 Å². The molecule has 1 fully saturated rings. The average molecular weight is 264 g/mol. The van der Waals surface area contributed by atoms with Gasteiger partial charge in [0, 0.05) is 5.33 Å². The number of halogens is 1. The van der Waals surface area contributed by atoms with Crippen molar-refractivity contribution in [1.82, 2.24) is 0 Å². The number of rotatable bonds is 2. The highest BCUT2D eigenvalue weighted by Crippen LogP contribution is 2.40. The van der Waals surface area contributed by atoms with Crippen LogP contribution < -0.4 is 0 Å². The number of hydrogen-bond donors (Lipinski definition) is 0. The molecule has 0 aliphatic heterocycles. The van der Waals surface area contributed by atoms with E-state index < -0.39 is 0 Å². The lowest BCUT2D eigenvalue weighted by atomic mass is 9.80. The molecule has 0 spiro atoms. The van der Waals surface area contributed by atoms with E-state index in [1.807, 2.05) is 0 Å². The van der Waals surface area contributed by atoms with Crippen molar-refractivity contribution in [3.63, 3.8) is 0 Å². The highest BCUT2D eigenvalue weighted by molar-refractivity contribution is 9.08. The van der Waals surface area contributed by atoms with Crippen LogP contribution in [-0.4, -0.2) is 0 Å².